The van der Waals surface area contributed by atoms with E-state index in [9.17, 15) is 4.79 Å². The zero-order chi connectivity index (χ0) is 21.4. The highest BCUT2D eigenvalue weighted by molar-refractivity contribution is 5.82. The molecule has 5 rings (SSSR count). The fourth-order valence-corrected chi connectivity index (χ4v) is 4.28. The first-order valence-corrected chi connectivity index (χ1v) is 10.7. The molecule has 0 N–H and O–H groups in total. The van der Waals surface area contributed by atoms with Gasteiger partial charge in [-0.1, -0.05) is 17.3 Å². The first-order chi connectivity index (χ1) is 15.1. The molecule has 0 spiro atoms. The molecule has 3 heterocycles. The van der Waals surface area contributed by atoms with Crippen molar-refractivity contribution in [3.05, 3.63) is 81.4 Å². The quantitative estimate of drug-likeness (QED) is 0.510. The van der Waals surface area contributed by atoms with Gasteiger partial charge in [-0.2, -0.15) is 5.10 Å². The van der Waals surface area contributed by atoms with Crippen LogP contribution in [0.15, 0.2) is 53.6 Å². The summed E-state index contributed by atoms with van der Waals surface area (Å²) in [5.41, 5.74) is 6.16. The van der Waals surface area contributed by atoms with E-state index >= 15 is 0 Å². The van der Waals surface area contributed by atoms with E-state index in [2.05, 4.69) is 46.6 Å². The highest BCUT2D eigenvalue weighted by atomic mass is 16.5. The lowest BCUT2D eigenvalue weighted by atomic mass is 9.94. The van der Waals surface area contributed by atoms with E-state index in [-0.39, 0.29) is 11.6 Å². The van der Waals surface area contributed by atoms with Crippen molar-refractivity contribution in [2.45, 2.75) is 39.2 Å². The van der Waals surface area contributed by atoms with Crippen LogP contribution in [0.4, 0.5) is 0 Å². The Balaban J connectivity index is 1.51. The summed E-state index contributed by atoms with van der Waals surface area (Å²) in [6.45, 7) is 5.43. The first kappa shape index (κ1) is 19.6. The zero-order valence-corrected chi connectivity index (χ0v) is 17.8. The van der Waals surface area contributed by atoms with Gasteiger partial charge < -0.3 is 4.74 Å². The fraction of sp³-hybridized carbons (Fsp3) is 0.333. The number of fused-ring (bicyclic) bond motifs is 1. The number of ether oxygens (including phenoxy) is 1. The normalized spacial score (nSPS) is 14.9. The predicted molar refractivity (Wildman–Crippen MR) is 119 cm³/mol. The summed E-state index contributed by atoms with van der Waals surface area (Å²) in [6, 6.07) is 12.3. The van der Waals surface area contributed by atoms with Gasteiger partial charge in [-0.05, 0) is 79.6 Å². The molecule has 1 aliphatic heterocycles. The Morgan fingerprint density at radius 2 is 1.87 bits per heavy atom. The second kappa shape index (κ2) is 8.07. The summed E-state index contributed by atoms with van der Waals surface area (Å²) in [6.07, 6.45) is 6.03. The highest BCUT2D eigenvalue weighted by Crippen LogP contribution is 2.25. The molecule has 31 heavy (non-hydrogen) atoms. The van der Waals surface area contributed by atoms with E-state index in [0.29, 0.717) is 24.1 Å². The van der Waals surface area contributed by atoms with E-state index in [1.807, 2.05) is 29.9 Å². The van der Waals surface area contributed by atoms with Crippen molar-refractivity contribution in [2.24, 2.45) is 0 Å². The van der Waals surface area contributed by atoms with Gasteiger partial charge in [0.1, 0.15) is 5.52 Å². The van der Waals surface area contributed by atoms with Crippen molar-refractivity contribution in [1.29, 1.82) is 0 Å². The van der Waals surface area contributed by atoms with E-state index in [1.165, 1.54) is 5.56 Å². The van der Waals surface area contributed by atoms with Gasteiger partial charge in [-0.3, -0.25) is 4.79 Å². The minimum atomic E-state index is -0.0599. The van der Waals surface area contributed by atoms with E-state index in [1.54, 1.807) is 10.9 Å². The van der Waals surface area contributed by atoms with Gasteiger partial charge >= 0.3 is 0 Å². The molecular formula is C24H25N5O2. The summed E-state index contributed by atoms with van der Waals surface area (Å²) in [7, 11) is 0. The van der Waals surface area contributed by atoms with E-state index in [4.69, 9.17) is 4.74 Å². The molecule has 1 aliphatic rings. The topological polar surface area (TPSA) is 74.8 Å². The number of aromatic nitrogens is 5. The molecule has 0 amide bonds. The summed E-state index contributed by atoms with van der Waals surface area (Å²) < 4.78 is 8.83. The molecule has 2 aromatic heterocycles. The van der Waals surface area contributed by atoms with Crippen LogP contribution >= 0.6 is 0 Å². The average molecular weight is 415 g/mol. The van der Waals surface area contributed by atoms with Crippen molar-refractivity contribution in [1.82, 2.24) is 24.8 Å². The summed E-state index contributed by atoms with van der Waals surface area (Å²) in [4.78, 5) is 13.3. The number of hydrogen-bond acceptors (Lipinski definition) is 5. The van der Waals surface area contributed by atoms with Gasteiger partial charge in [0.25, 0.3) is 5.56 Å². The van der Waals surface area contributed by atoms with Crippen LogP contribution in [-0.4, -0.2) is 38.0 Å². The number of nitrogens with zero attached hydrogens (tertiary/aromatic N) is 5. The van der Waals surface area contributed by atoms with Gasteiger partial charge in [-0.15, -0.1) is 5.10 Å². The SMILES string of the molecule is Cc1c(Cc2ccc(-n3cccn3)cc2)cc2c(=O)n(C3CCOCC3)nnc2c1C. The van der Waals surface area contributed by atoms with Crippen LogP contribution in [0.3, 0.4) is 0 Å². The number of benzene rings is 2. The molecule has 2 aromatic carbocycles. The lowest BCUT2D eigenvalue weighted by molar-refractivity contribution is 0.0641. The summed E-state index contributed by atoms with van der Waals surface area (Å²) in [5.74, 6) is 0. The molecule has 0 saturated carbocycles. The molecule has 7 nitrogen and oxygen atoms in total. The Kier molecular flexibility index (Phi) is 5.11. The first-order valence-electron chi connectivity index (χ1n) is 10.7. The van der Waals surface area contributed by atoms with Gasteiger partial charge in [0.2, 0.25) is 0 Å². The second-order valence-corrected chi connectivity index (χ2v) is 8.16. The maximum absolute atomic E-state index is 13.3. The van der Waals surface area contributed by atoms with E-state index in [0.717, 1.165) is 41.6 Å². The lowest BCUT2D eigenvalue weighted by Crippen LogP contribution is -2.32. The van der Waals surface area contributed by atoms with Crippen molar-refractivity contribution >= 4 is 10.9 Å². The standard InChI is InChI=1S/C24H25N5O2/c1-16-17(2)23-22(24(30)29(27-26-23)21-8-12-31-13-9-21)15-19(16)14-18-4-6-20(7-5-18)28-11-3-10-25-28/h3-7,10-11,15,21H,8-9,12-14H2,1-2H3. The Morgan fingerprint density at radius 1 is 1.10 bits per heavy atom. The summed E-state index contributed by atoms with van der Waals surface area (Å²) in [5, 5.41) is 13.6. The molecule has 0 radical (unpaired) electrons. The molecule has 4 aromatic rings. The molecule has 1 fully saturated rings. The van der Waals surface area contributed by atoms with Crippen LogP contribution < -0.4 is 5.56 Å². The molecular weight excluding hydrogens is 390 g/mol. The summed E-state index contributed by atoms with van der Waals surface area (Å²) >= 11 is 0. The van der Waals surface area contributed by atoms with Crippen molar-refractivity contribution in [3.8, 4) is 5.69 Å². The number of hydrogen-bond donors (Lipinski definition) is 0. The van der Waals surface area contributed by atoms with Crippen LogP contribution in [0.1, 0.15) is 41.1 Å². The molecule has 158 valence electrons. The number of aryl methyl sites for hydroxylation is 1. The monoisotopic (exact) mass is 415 g/mol. The van der Waals surface area contributed by atoms with Crippen LogP contribution in [-0.2, 0) is 11.2 Å². The van der Waals surface area contributed by atoms with E-state index < -0.39 is 0 Å². The third-order valence-electron chi connectivity index (χ3n) is 6.29. The maximum atomic E-state index is 13.3. The van der Waals surface area contributed by atoms with Crippen molar-refractivity contribution < 1.29 is 4.74 Å². The average Bonchev–Trinajstić information content (AvgIpc) is 3.34. The predicted octanol–water partition coefficient (Wildman–Crippen LogP) is 3.54. The van der Waals surface area contributed by atoms with Crippen LogP contribution in [0, 0.1) is 13.8 Å². The number of rotatable bonds is 4. The van der Waals surface area contributed by atoms with Gasteiger partial charge in [0.15, 0.2) is 0 Å². The molecule has 0 aliphatic carbocycles. The van der Waals surface area contributed by atoms with Crippen molar-refractivity contribution in [2.75, 3.05) is 13.2 Å². The minimum absolute atomic E-state index is 0.0537. The van der Waals surface area contributed by atoms with Gasteiger partial charge in [0.05, 0.1) is 17.1 Å². The molecule has 0 bridgehead atoms. The minimum Gasteiger partial charge on any atom is -0.381 e. The van der Waals surface area contributed by atoms with Crippen LogP contribution in [0.25, 0.3) is 16.6 Å². The highest BCUT2D eigenvalue weighted by Gasteiger charge is 2.21. The Labute approximate surface area is 180 Å². The van der Waals surface area contributed by atoms with Gasteiger partial charge in [-0.25, -0.2) is 9.36 Å². The lowest BCUT2D eigenvalue weighted by Gasteiger charge is -2.23. The van der Waals surface area contributed by atoms with Crippen LogP contribution in [0.5, 0.6) is 0 Å². The largest absolute Gasteiger partial charge is 0.381 e. The Morgan fingerprint density at radius 3 is 2.58 bits per heavy atom. The molecule has 0 atom stereocenters. The third-order valence-corrected chi connectivity index (χ3v) is 6.29. The molecule has 7 heteroatoms. The Hall–Kier alpha value is -3.32. The fourth-order valence-electron chi connectivity index (χ4n) is 4.28. The molecule has 0 unspecified atom stereocenters. The zero-order valence-electron chi connectivity index (χ0n) is 17.8. The second-order valence-electron chi connectivity index (χ2n) is 8.16. The van der Waals surface area contributed by atoms with Crippen LogP contribution in [0.2, 0.25) is 0 Å². The third kappa shape index (κ3) is 3.65. The van der Waals surface area contributed by atoms with Crippen molar-refractivity contribution in [3.63, 3.8) is 0 Å². The maximum Gasteiger partial charge on any atom is 0.277 e. The smallest absolute Gasteiger partial charge is 0.277 e. The molecule has 1 saturated heterocycles. The Bertz CT molecular complexity index is 1270. The van der Waals surface area contributed by atoms with Gasteiger partial charge in [0, 0.05) is 25.6 Å².